The maximum atomic E-state index is 13.7. The predicted octanol–water partition coefficient (Wildman–Crippen LogP) is 4.62. The Morgan fingerprint density at radius 1 is 1.14 bits per heavy atom. The fraction of sp³-hybridized carbons (Fsp3) is 0.538. The summed E-state index contributed by atoms with van der Waals surface area (Å²) in [7, 11) is 1.78. The molecule has 5 heterocycles. The van der Waals surface area contributed by atoms with Crippen LogP contribution in [0.2, 0.25) is 0 Å². The van der Waals surface area contributed by atoms with E-state index in [0.29, 0.717) is 30.0 Å². The molecule has 0 aromatic carbocycles. The van der Waals surface area contributed by atoms with Gasteiger partial charge in [-0.25, -0.2) is 15.0 Å². The zero-order valence-electron chi connectivity index (χ0n) is 21.3. The summed E-state index contributed by atoms with van der Waals surface area (Å²) in [6.45, 7) is 8.91. The van der Waals surface area contributed by atoms with E-state index >= 15 is 0 Å². The van der Waals surface area contributed by atoms with E-state index in [1.807, 2.05) is 12.1 Å². The van der Waals surface area contributed by atoms with Crippen LogP contribution >= 0.6 is 0 Å². The number of anilines is 2. The number of halogens is 2. The van der Waals surface area contributed by atoms with Gasteiger partial charge in [-0.1, -0.05) is 13.8 Å². The number of aryl methyl sites for hydroxylation is 1. The average Bonchev–Trinajstić information content (AvgIpc) is 3.26. The Morgan fingerprint density at radius 3 is 2.61 bits per heavy atom. The van der Waals surface area contributed by atoms with Crippen molar-refractivity contribution < 1.29 is 13.5 Å². The first-order valence-corrected chi connectivity index (χ1v) is 12.6. The first-order chi connectivity index (χ1) is 17.2. The van der Waals surface area contributed by atoms with Crippen LogP contribution < -0.4 is 14.5 Å². The molecule has 2 aliphatic heterocycles. The Kier molecular flexibility index (Phi) is 6.53. The van der Waals surface area contributed by atoms with Crippen LogP contribution in [0.25, 0.3) is 11.4 Å². The van der Waals surface area contributed by atoms with Crippen molar-refractivity contribution in [1.29, 1.82) is 0 Å². The number of alkyl halides is 2. The summed E-state index contributed by atoms with van der Waals surface area (Å²) in [5.41, 5.74) is 1.74. The topological polar surface area (TPSA) is 72.2 Å². The van der Waals surface area contributed by atoms with E-state index < -0.39 is 5.92 Å². The van der Waals surface area contributed by atoms with Crippen LogP contribution in [0.3, 0.4) is 0 Å². The molecule has 0 N–H and O–H groups in total. The van der Waals surface area contributed by atoms with Gasteiger partial charge in [0.05, 0.1) is 18.4 Å². The summed E-state index contributed by atoms with van der Waals surface area (Å²) in [6, 6.07) is 3.93. The third-order valence-electron chi connectivity index (χ3n) is 6.96. The van der Waals surface area contributed by atoms with Gasteiger partial charge in [-0.05, 0) is 36.8 Å². The normalized spacial score (nSPS) is 16.9. The number of hydrogen-bond donors (Lipinski definition) is 0. The number of rotatable bonds is 6. The second-order valence-corrected chi connectivity index (χ2v) is 10.1. The zero-order chi connectivity index (χ0) is 25.4. The first kappa shape index (κ1) is 24.4. The molecule has 0 radical (unpaired) electrons. The van der Waals surface area contributed by atoms with Crippen molar-refractivity contribution >= 4 is 11.8 Å². The number of nitrogens with zero attached hydrogens (tertiary/aromatic N) is 7. The fourth-order valence-electron chi connectivity index (χ4n) is 5.03. The SMILES string of the molecule is CC(C)c1ncccc1-c1ncc2c(n1)N(CC1CCN(c3nc(C(C)(F)F)cn3C)CC1)CCO2. The van der Waals surface area contributed by atoms with Crippen LogP contribution in [0, 0.1) is 5.92 Å². The number of hydrogen-bond acceptors (Lipinski definition) is 7. The molecule has 192 valence electrons. The van der Waals surface area contributed by atoms with Crippen LogP contribution in [0.15, 0.2) is 30.7 Å². The van der Waals surface area contributed by atoms with Crippen LogP contribution in [-0.4, -0.2) is 57.3 Å². The van der Waals surface area contributed by atoms with Gasteiger partial charge in [0.15, 0.2) is 17.4 Å². The lowest BCUT2D eigenvalue weighted by Gasteiger charge is -2.37. The van der Waals surface area contributed by atoms with Crippen LogP contribution in [-0.2, 0) is 13.0 Å². The number of aromatic nitrogens is 5. The Balaban J connectivity index is 1.29. The molecule has 5 rings (SSSR count). The van der Waals surface area contributed by atoms with E-state index in [2.05, 4.69) is 38.6 Å². The van der Waals surface area contributed by atoms with Crippen molar-refractivity contribution in [2.24, 2.45) is 13.0 Å². The maximum Gasteiger partial charge on any atom is 0.288 e. The minimum Gasteiger partial charge on any atom is -0.486 e. The third kappa shape index (κ3) is 4.85. The van der Waals surface area contributed by atoms with Gasteiger partial charge in [0, 0.05) is 51.6 Å². The van der Waals surface area contributed by atoms with Gasteiger partial charge in [0.25, 0.3) is 5.92 Å². The van der Waals surface area contributed by atoms with E-state index in [-0.39, 0.29) is 11.6 Å². The van der Waals surface area contributed by atoms with Crippen molar-refractivity contribution in [3.8, 4) is 17.1 Å². The lowest BCUT2D eigenvalue weighted by molar-refractivity contribution is 0.0131. The minimum absolute atomic E-state index is 0.184. The summed E-state index contributed by atoms with van der Waals surface area (Å²) in [5.74, 6) is 0.583. The Morgan fingerprint density at radius 2 is 1.92 bits per heavy atom. The molecule has 8 nitrogen and oxygen atoms in total. The number of pyridine rings is 1. The minimum atomic E-state index is -2.94. The van der Waals surface area contributed by atoms with Crippen LogP contribution in [0.4, 0.5) is 20.5 Å². The molecule has 0 spiro atoms. The lowest BCUT2D eigenvalue weighted by Crippen LogP contribution is -2.42. The smallest absolute Gasteiger partial charge is 0.288 e. The van der Waals surface area contributed by atoms with E-state index in [0.717, 1.165) is 63.0 Å². The van der Waals surface area contributed by atoms with Crippen LogP contribution in [0.1, 0.15) is 50.9 Å². The third-order valence-corrected chi connectivity index (χ3v) is 6.96. The maximum absolute atomic E-state index is 13.7. The molecule has 0 atom stereocenters. The number of ether oxygens (including phenoxy) is 1. The van der Waals surface area contributed by atoms with Crippen molar-refractivity contribution in [2.45, 2.75) is 45.5 Å². The van der Waals surface area contributed by atoms with Gasteiger partial charge in [0.2, 0.25) is 5.95 Å². The van der Waals surface area contributed by atoms with Gasteiger partial charge in [-0.2, -0.15) is 8.78 Å². The molecule has 2 aliphatic rings. The fourth-order valence-corrected chi connectivity index (χ4v) is 5.03. The molecule has 3 aromatic heterocycles. The molecule has 0 aliphatic carbocycles. The lowest BCUT2D eigenvalue weighted by atomic mass is 9.96. The molecule has 0 bridgehead atoms. The van der Waals surface area contributed by atoms with Crippen molar-refractivity contribution in [2.75, 3.05) is 42.6 Å². The van der Waals surface area contributed by atoms with Crippen molar-refractivity contribution in [3.63, 3.8) is 0 Å². The molecule has 1 saturated heterocycles. The van der Waals surface area contributed by atoms with Crippen LogP contribution in [0.5, 0.6) is 5.75 Å². The summed E-state index contributed by atoms with van der Waals surface area (Å²) in [4.78, 5) is 22.7. The molecule has 10 heteroatoms. The van der Waals surface area contributed by atoms with Crippen molar-refractivity contribution in [3.05, 3.63) is 42.1 Å². The molecule has 0 amide bonds. The summed E-state index contributed by atoms with van der Waals surface area (Å²) in [5, 5.41) is 0. The highest BCUT2D eigenvalue weighted by molar-refractivity contribution is 5.64. The molecule has 1 fully saturated rings. The Labute approximate surface area is 210 Å². The first-order valence-electron chi connectivity index (χ1n) is 12.6. The quantitative estimate of drug-likeness (QED) is 0.492. The highest BCUT2D eigenvalue weighted by atomic mass is 19.3. The predicted molar refractivity (Wildman–Crippen MR) is 135 cm³/mol. The van der Waals surface area contributed by atoms with Gasteiger partial charge < -0.3 is 19.1 Å². The molecule has 3 aromatic rings. The molecule has 0 saturated carbocycles. The zero-order valence-corrected chi connectivity index (χ0v) is 21.3. The average molecular weight is 498 g/mol. The highest BCUT2D eigenvalue weighted by Crippen LogP contribution is 2.35. The van der Waals surface area contributed by atoms with Gasteiger partial charge >= 0.3 is 0 Å². The second-order valence-electron chi connectivity index (χ2n) is 10.1. The van der Waals surface area contributed by atoms with E-state index in [4.69, 9.17) is 9.72 Å². The van der Waals surface area contributed by atoms with E-state index in [1.54, 1.807) is 24.0 Å². The second kappa shape index (κ2) is 9.63. The Hall–Kier alpha value is -3.30. The molecular formula is C26H33F2N7O. The summed E-state index contributed by atoms with van der Waals surface area (Å²) in [6.07, 6.45) is 6.91. The molecule has 36 heavy (non-hydrogen) atoms. The van der Waals surface area contributed by atoms with Gasteiger partial charge in [0.1, 0.15) is 12.3 Å². The highest BCUT2D eigenvalue weighted by Gasteiger charge is 2.32. The largest absolute Gasteiger partial charge is 0.486 e. The van der Waals surface area contributed by atoms with Crippen molar-refractivity contribution in [1.82, 2.24) is 24.5 Å². The van der Waals surface area contributed by atoms with Gasteiger partial charge in [-0.3, -0.25) is 4.98 Å². The molecular weight excluding hydrogens is 464 g/mol. The number of fused-ring (bicyclic) bond motifs is 1. The molecule has 0 unspecified atom stereocenters. The number of piperidine rings is 1. The summed E-state index contributed by atoms with van der Waals surface area (Å²) < 4.78 is 35.0. The van der Waals surface area contributed by atoms with E-state index in [9.17, 15) is 8.78 Å². The monoisotopic (exact) mass is 497 g/mol. The summed E-state index contributed by atoms with van der Waals surface area (Å²) >= 11 is 0. The number of imidazole rings is 1. The van der Waals surface area contributed by atoms with E-state index in [1.165, 1.54) is 6.20 Å². The standard InChI is InChI=1S/C26H33F2N7O/c1-17(2)22-19(6-5-9-29-22)23-30-14-20-24(32-23)35(12-13-36-20)15-18-7-10-34(11-8-18)25-31-21(16-33(25)4)26(3,27)28/h5-6,9,14,16-18H,7-8,10-13,15H2,1-4H3. The Bertz CT molecular complexity index is 1220. The van der Waals surface area contributed by atoms with Gasteiger partial charge in [-0.15, -0.1) is 0 Å².